The van der Waals surface area contributed by atoms with Gasteiger partial charge in [-0.1, -0.05) is 48.5 Å². The molecule has 0 aliphatic carbocycles. The number of hydrogen-bond donors (Lipinski definition) is 2. The number of amidine groups is 1. The van der Waals surface area contributed by atoms with Crippen molar-refractivity contribution < 1.29 is 14.7 Å². The number of carboxylic acid groups (broad SMARTS) is 1. The second-order valence-corrected chi connectivity index (χ2v) is 6.06. The summed E-state index contributed by atoms with van der Waals surface area (Å²) in [5, 5.41) is 19.2. The standard InChI is InChI=1S/C15H17N3O3S/c1-3-11(10-6-4-9(2)5-7-10)17-18-15-16-14(21)12(22-15)8-13(19)20/h4-7,12H,3,8H2,1-2H3,(H,19,20)(H,16,18,21)/b17-11-/t12-/m0/s1. The number of rotatable bonds is 5. The minimum absolute atomic E-state index is 0.224. The van der Waals surface area contributed by atoms with E-state index >= 15 is 0 Å². The SMILES string of the molecule is CC/C(=N/N=C1\NC(=O)[C@H](CC(=O)O)S1)c1ccc(C)cc1. The Bertz CT molecular complexity index is 638. The first kappa shape index (κ1) is 16.2. The van der Waals surface area contributed by atoms with Crippen LogP contribution in [-0.2, 0) is 9.59 Å². The third kappa shape index (κ3) is 4.17. The van der Waals surface area contributed by atoms with Crippen LogP contribution in [0.5, 0.6) is 0 Å². The molecule has 0 unspecified atom stereocenters. The maximum Gasteiger partial charge on any atom is 0.305 e. The van der Waals surface area contributed by atoms with Gasteiger partial charge >= 0.3 is 5.97 Å². The van der Waals surface area contributed by atoms with Gasteiger partial charge in [-0.15, -0.1) is 5.10 Å². The van der Waals surface area contributed by atoms with Gasteiger partial charge in [0.2, 0.25) is 5.91 Å². The molecule has 1 aliphatic rings. The van der Waals surface area contributed by atoms with Crippen molar-refractivity contribution in [2.45, 2.75) is 31.9 Å². The van der Waals surface area contributed by atoms with Crippen LogP contribution in [0.15, 0.2) is 34.5 Å². The summed E-state index contributed by atoms with van der Waals surface area (Å²) < 4.78 is 0. The normalized spacial score (nSPS) is 20.3. The molecule has 0 spiro atoms. The highest BCUT2D eigenvalue weighted by atomic mass is 32.2. The van der Waals surface area contributed by atoms with Crippen molar-refractivity contribution in [3.63, 3.8) is 0 Å². The predicted molar refractivity (Wildman–Crippen MR) is 87.2 cm³/mol. The highest BCUT2D eigenvalue weighted by Crippen LogP contribution is 2.22. The molecule has 1 heterocycles. The molecule has 1 fully saturated rings. The molecule has 1 amide bonds. The van der Waals surface area contributed by atoms with Gasteiger partial charge in [0.15, 0.2) is 5.17 Å². The van der Waals surface area contributed by atoms with Crippen molar-refractivity contribution in [2.75, 3.05) is 0 Å². The minimum Gasteiger partial charge on any atom is -0.481 e. The van der Waals surface area contributed by atoms with Gasteiger partial charge in [0.1, 0.15) is 5.25 Å². The number of nitrogens with zero attached hydrogens (tertiary/aromatic N) is 2. The van der Waals surface area contributed by atoms with E-state index in [1.54, 1.807) is 0 Å². The zero-order chi connectivity index (χ0) is 16.1. The highest BCUT2D eigenvalue weighted by Gasteiger charge is 2.32. The minimum atomic E-state index is -1.01. The number of carbonyl (C=O) groups excluding carboxylic acids is 1. The van der Waals surface area contributed by atoms with Crippen LogP contribution in [0.4, 0.5) is 0 Å². The largest absolute Gasteiger partial charge is 0.481 e. The van der Waals surface area contributed by atoms with E-state index in [0.29, 0.717) is 11.6 Å². The lowest BCUT2D eigenvalue weighted by Gasteiger charge is -2.02. The van der Waals surface area contributed by atoms with Gasteiger partial charge in [-0.2, -0.15) is 5.10 Å². The lowest BCUT2D eigenvalue weighted by molar-refractivity contribution is -0.138. The zero-order valence-electron chi connectivity index (χ0n) is 12.4. The molecule has 1 aromatic carbocycles. The molecule has 2 rings (SSSR count). The van der Waals surface area contributed by atoms with E-state index in [-0.39, 0.29) is 12.3 Å². The number of aryl methyl sites for hydroxylation is 1. The number of hydrogen-bond acceptors (Lipinski definition) is 5. The lowest BCUT2D eigenvalue weighted by atomic mass is 10.1. The Morgan fingerprint density at radius 3 is 2.64 bits per heavy atom. The summed E-state index contributed by atoms with van der Waals surface area (Å²) in [6.45, 7) is 3.99. The fraction of sp³-hybridized carbons (Fsp3) is 0.333. The van der Waals surface area contributed by atoms with Crippen molar-refractivity contribution >= 4 is 34.5 Å². The molecule has 0 aromatic heterocycles. The number of carbonyl (C=O) groups is 2. The Balaban J connectivity index is 2.13. The molecule has 1 aliphatic heterocycles. The number of nitrogens with one attached hydrogen (secondary N) is 1. The fourth-order valence-electron chi connectivity index (χ4n) is 1.93. The van der Waals surface area contributed by atoms with Gasteiger partial charge in [0.05, 0.1) is 12.1 Å². The smallest absolute Gasteiger partial charge is 0.305 e. The van der Waals surface area contributed by atoms with Crippen LogP contribution in [0.2, 0.25) is 0 Å². The molecule has 2 N–H and O–H groups in total. The Hall–Kier alpha value is -2.15. The Morgan fingerprint density at radius 2 is 2.05 bits per heavy atom. The third-order valence-corrected chi connectivity index (χ3v) is 4.19. The van der Waals surface area contributed by atoms with Crippen molar-refractivity contribution in [3.05, 3.63) is 35.4 Å². The van der Waals surface area contributed by atoms with Crippen molar-refractivity contribution in [2.24, 2.45) is 10.2 Å². The van der Waals surface area contributed by atoms with Crippen LogP contribution in [-0.4, -0.2) is 33.1 Å². The van der Waals surface area contributed by atoms with Crippen molar-refractivity contribution in [1.29, 1.82) is 0 Å². The molecular weight excluding hydrogens is 302 g/mol. The molecular formula is C15H17N3O3S. The summed E-state index contributed by atoms with van der Waals surface area (Å²) in [6, 6.07) is 7.96. The van der Waals surface area contributed by atoms with Crippen LogP contribution < -0.4 is 5.32 Å². The topological polar surface area (TPSA) is 91.1 Å². The molecule has 1 aromatic rings. The van der Waals surface area contributed by atoms with E-state index in [4.69, 9.17) is 5.11 Å². The van der Waals surface area contributed by atoms with E-state index in [0.717, 1.165) is 23.0 Å². The number of amides is 1. The van der Waals surface area contributed by atoms with Gasteiger partial charge in [0.25, 0.3) is 0 Å². The summed E-state index contributed by atoms with van der Waals surface area (Å²) in [6.07, 6.45) is 0.481. The second-order valence-electron chi connectivity index (χ2n) is 4.87. The zero-order valence-corrected chi connectivity index (χ0v) is 13.2. The van der Waals surface area contributed by atoms with Gasteiger partial charge in [0, 0.05) is 0 Å². The number of benzene rings is 1. The summed E-state index contributed by atoms with van der Waals surface area (Å²) in [5.74, 6) is -1.35. The van der Waals surface area contributed by atoms with Crippen LogP contribution in [0, 0.1) is 6.92 Å². The van der Waals surface area contributed by atoms with Crippen LogP contribution in [0.3, 0.4) is 0 Å². The van der Waals surface area contributed by atoms with E-state index in [1.165, 1.54) is 5.56 Å². The summed E-state index contributed by atoms with van der Waals surface area (Å²) in [5.41, 5.74) is 2.96. The molecule has 22 heavy (non-hydrogen) atoms. The summed E-state index contributed by atoms with van der Waals surface area (Å²) in [7, 11) is 0. The fourth-order valence-corrected chi connectivity index (χ4v) is 2.84. The van der Waals surface area contributed by atoms with E-state index < -0.39 is 11.2 Å². The maximum absolute atomic E-state index is 11.6. The maximum atomic E-state index is 11.6. The molecule has 0 radical (unpaired) electrons. The van der Waals surface area contributed by atoms with Crippen LogP contribution in [0.1, 0.15) is 30.9 Å². The van der Waals surface area contributed by atoms with Gasteiger partial charge < -0.3 is 10.4 Å². The molecule has 0 saturated carbocycles. The Morgan fingerprint density at radius 1 is 1.36 bits per heavy atom. The molecule has 0 bridgehead atoms. The quantitative estimate of drug-likeness (QED) is 0.643. The Labute approximate surface area is 132 Å². The van der Waals surface area contributed by atoms with Crippen LogP contribution >= 0.6 is 11.8 Å². The Kier molecular flexibility index (Phi) is 5.32. The van der Waals surface area contributed by atoms with E-state index in [9.17, 15) is 9.59 Å². The molecule has 6 nitrogen and oxygen atoms in total. The number of thioether (sulfide) groups is 1. The summed E-state index contributed by atoms with van der Waals surface area (Å²) >= 11 is 1.10. The average Bonchev–Trinajstić information content (AvgIpc) is 2.81. The first-order valence-corrected chi connectivity index (χ1v) is 7.78. The van der Waals surface area contributed by atoms with Gasteiger partial charge in [-0.25, -0.2) is 0 Å². The first-order valence-electron chi connectivity index (χ1n) is 6.90. The monoisotopic (exact) mass is 319 g/mol. The van der Waals surface area contributed by atoms with Crippen LogP contribution in [0.25, 0.3) is 0 Å². The van der Waals surface area contributed by atoms with Gasteiger partial charge in [-0.3, -0.25) is 9.59 Å². The highest BCUT2D eigenvalue weighted by molar-refractivity contribution is 8.15. The third-order valence-electron chi connectivity index (χ3n) is 3.12. The van der Waals surface area contributed by atoms with Crippen molar-refractivity contribution in [1.82, 2.24) is 5.32 Å². The lowest BCUT2D eigenvalue weighted by Crippen LogP contribution is -2.26. The first-order chi connectivity index (χ1) is 10.5. The number of aliphatic carboxylic acids is 1. The predicted octanol–water partition coefficient (Wildman–Crippen LogP) is 2.17. The summed E-state index contributed by atoms with van der Waals surface area (Å²) in [4.78, 5) is 22.3. The molecule has 7 heteroatoms. The van der Waals surface area contributed by atoms with E-state index in [1.807, 2.05) is 38.1 Å². The van der Waals surface area contributed by atoms with Gasteiger partial charge in [-0.05, 0) is 18.9 Å². The molecule has 1 saturated heterocycles. The average molecular weight is 319 g/mol. The second kappa shape index (κ2) is 7.22. The molecule has 116 valence electrons. The van der Waals surface area contributed by atoms with Crippen molar-refractivity contribution in [3.8, 4) is 0 Å². The van der Waals surface area contributed by atoms with E-state index in [2.05, 4.69) is 15.5 Å². The molecule has 1 atom stereocenters. The number of carboxylic acids is 1.